The van der Waals surface area contributed by atoms with Crippen LogP contribution in [0.4, 0.5) is 0 Å². The molecule has 88 valence electrons. The molecule has 1 heterocycles. The van der Waals surface area contributed by atoms with Crippen LogP contribution in [0.25, 0.3) is 0 Å². The highest BCUT2D eigenvalue weighted by Gasteiger charge is 2.04. The molecule has 0 atom stereocenters. The number of pyridine rings is 1. The number of carbonyl (C=O) groups excluding carboxylic acids is 1. The third-order valence-electron chi connectivity index (χ3n) is 2.23. The molecule has 0 saturated carbocycles. The van der Waals surface area contributed by atoms with Crippen LogP contribution in [0.1, 0.15) is 22.5 Å². The van der Waals surface area contributed by atoms with Crippen molar-refractivity contribution in [2.75, 3.05) is 27.2 Å². The molecule has 4 heteroatoms. The van der Waals surface area contributed by atoms with E-state index in [-0.39, 0.29) is 5.91 Å². The van der Waals surface area contributed by atoms with Crippen LogP contribution in [0.3, 0.4) is 0 Å². The Balaban J connectivity index is 2.35. The molecule has 0 saturated heterocycles. The van der Waals surface area contributed by atoms with Crippen molar-refractivity contribution in [3.05, 3.63) is 29.6 Å². The number of hydrogen-bond donors (Lipinski definition) is 1. The van der Waals surface area contributed by atoms with Crippen molar-refractivity contribution < 1.29 is 4.79 Å². The Kier molecular flexibility index (Phi) is 4.92. The second-order valence-corrected chi connectivity index (χ2v) is 4.10. The highest BCUT2D eigenvalue weighted by molar-refractivity contribution is 5.94. The predicted molar refractivity (Wildman–Crippen MR) is 64.5 cm³/mol. The first-order chi connectivity index (χ1) is 7.59. The lowest BCUT2D eigenvalue weighted by molar-refractivity contribution is 0.0952. The molecule has 0 fully saturated rings. The summed E-state index contributed by atoms with van der Waals surface area (Å²) in [5.74, 6) is -0.0238. The zero-order valence-electron chi connectivity index (χ0n) is 10.2. The monoisotopic (exact) mass is 221 g/mol. The normalized spacial score (nSPS) is 10.5. The van der Waals surface area contributed by atoms with Gasteiger partial charge in [0.15, 0.2) is 0 Å². The van der Waals surface area contributed by atoms with Crippen LogP contribution in [0.15, 0.2) is 18.3 Å². The molecule has 0 aliphatic heterocycles. The zero-order chi connectivity index (χ0) is 12.0. The van der Waals surface area contributed by atoms with Crippen LogP contribution in [-0.2, 0) is 0 Å². The number of nitrogens with zero attached hydrogens (tertiary/aromatic N) is 2. The average Bonchev–Trinajstić information content (AvgIpc) is 2.24. The summed E-state index contributed by atoms with van der Waals surface area (Å²) in [6, 6.07) is 3.52. The molecule has 0 spiro atoms. The predicted octanol–water partition coefficient (Wildman–Crippen LogP) is 1.07. The van der Waals surface area contributed by atoms with Crippen molar-refractivity contribution in [2.24, 2.45) is 0 Å². The van der Waals surface area contributed by atoms with E-state index in [1.807, 2.05) is 21.0 Å². The molecule has 1 aromatic rings. The summed E-state index contributed by atoms with van der Waals surface area (Å²) in [5, 5.41) is 2.89. The van der Waals surface area contributed by atoms with Gasteiger partial charge in [-0.15, -0.1) is 0 Å². The number of aryl methyl sites for hydroxylation is 1. The van der Waals surface area contributed by atoms with Crippen LogP contribution in [0.2, 0.25) is 0 Å². The molecule has 1 N–H and O–H groups in total. The number of hydrogen-bond acceptors (Lipinski definition) is 3. The van der Waals surface area contributed by atoms with Gasteiger partial charge in [0, 0.05) is 24.0 Å². The van der Waals surface area contributed by atoms with Crippen LogP contribution in [0, 0.1) is 6.92 Å². The fourth-order valence-corrected chi connectivity index (χ4v) is 1.39. The first-order valence-electron chi connectivity index (χ1n) is 5.45. The molecule has 4 nitrogen and oxygen atoms in total. The number of amides is 1. The van der Waals surface area contributed by atoms with Gasteiger partial charge in [-0.05, 0) is 46.1 Å². The Labute approximate surface area is 96.7 Å². The van der Waals surface area contributed by atoms with Gasteiger partial charge in [-0.1, -0.05) is 0 Å². The SMILES string of the molecule is Cc1cc(C(=O)NCCCN(C)C)ccn1. The molecule has 16 heavy (non-hydrogen) atoms. The number of carbonyl (C=O) groups is 1. The number of aromatic nitrogens is 1. The van der Waals surface area contributed by atoms with E-state index in [0.717, 1.165) is 18.7 Å². The van der Waals surface area contributed by atoms with Gasteiger partial charge >= 0.3 is 0 Å². The molecule has 0 radical (unpaired) electrons. The van der Waals surface area contributed by atoms with Crippen molar-refractivity contribution >= 4 is 5.91 Å². The first kappa shape index (κ1) is 12.6. The van der Waals surface area contributed by atoms with Crippen molar-refractivity contribution in [3.63, 3.8) is 0 Å². The lowest BCUT2D eigenvalue weighted by Gasteiger charge is -2.09. The summed E-state index contributed by atoms with van der Waals surface area (Å²) in [7, 11) is 4.04. The van der Waals surface area contributed by atoms with Gasteiger partial charge in [0.25, 0.3) is 5.91 Å². The maximum Gasteiger partial charge on any atom is 0.251 e. The molecule has 0 aliphatic carbocycles. The van der Waals surface area contributed by atoms with Gasteiger partial charge in [-0.2, -0.15) is 0 Å². The van der Waals surface area contributed by atoms with Crippen LogP contribution in [0.5, 0.6) is 0 Å². The Hall–Kier alpha value is -1.42. The molecule has 0 aliphatic rings. The van der Waals surface area contributed by atoms with E-state index in [1.165, 1.54) is 0 Å². The highest BCUT2D eigenvalue weighted by atomic mass is 16.1. The van der Waals surface area contributed by atoms with Gasteiger partial charge in [-0.25, -0.2) is 0 Å². The molecule has 0 aromatic carbocycles. The molecule has 0 unspecified atom stereocenters. The smallest absolute Gasteiger partial charge is 0.251 e. The lowest BCUT2D eigenvalue weighted by atomic mass is 10.2. The maximum absolute atomic E-state index is 11.7. The number of rotatable bonds is 5. The molecule has 1 amide bonds. The minimum absolute atomic E-state index is 0.0238. The van der Waals surface area contributed by atoms with E-state index in [1.54, 1.807) is 18.3 Å². The minimum atomic E-state index is -0.0238. The summed E-state index contributed by atoms with van der Waals surface area (Å²) >= 11 is 0. The first-order valence-corrected chi connectivity index (χ1v) is 5.45. The van der Waals surface area contributed by atoms with Gasteiger partial charge < -0.3 is 10.2 Å². The average molecular weight is 221 g/mol. The van der Waals surface area contributed by atoms with Crippen LogP contribution < -0.4 is 5.32 Å². The maximum atomic E-state index is 11.7. The lowest BCUT2D eigenvalue weighted by Crippen LogP contribution is -2.27. The van der Waals surface area contributed by atoms with Gasteiger partial charge in [0.2, 0.25) is 0 Å². The third kappa shape index (κ3) is 4.40. The molecule has 1 rings (SSSR count). The van der Waals surface area contributed by atoms with Gasteiger partial charge in [-0.3, -0.25) is 9.78 Å². The summed E-state index contributed by atoms with van der Waals surface area (Å²) in [6.45, 7) is 3.57. The van der Waals surface area contributed by atoms with Crippen molar-refractivity contribution in [2.45, 2.75) is 13.3 Å². The van der Waals surface area contributed by atoms with E-state index >= 15 is 0 Å². The van der Waals surface area contributed by atoms with Crippen molar-refractivity contribution in [1.29, 1.82) is 0 Å². The van der Waals surface area contributed by atoms with E-state index in [4.69, 9.17) is 0 Å². The van der Waals surface area contributed by atoms with E-state index in [0.29, 0.717) is 12.1 Å². The molecular weight excluding hydrogens is 202 g/mol. The van der Waals surface area contributed by atoms with Gasteiger partial charge in [0.05, 0.1) is 0 Å². The fourth-order valence-electron chi connectivity index (χ4n) is 1.39. The second kappa shape index (κ2) is 6.23. The second-order valence-electron chi connectivity index (χ2n) is 4.10. The quantitative estimate of drug-likeness (QED) is 0.756. The van der Waals surface area contributed by atoms with Gasteiger partial charge in [0.1, 0.15) is 0 Å². The van der Waals surface area contributed by atoms with Crippen LogP contribution >= 0.6 is 0 Å². The Bertz CT molecular complexity index is 350. The van der Waals surface area contributed by atoms with Crippen molar-refractivity contribution in [3.8, 4) is 0 Å². The zero-order valence-corrected chi connectivity index (χ0v) is 10.2. The largest absolute Gasteiger partial charge is 0.352 e. The molecule has 1 aromatic heterocycles. The Morgan fingerprint density at radius 2 is 2.25 bits per heavy atom. The van der Waals surface area contributed by atoms with Crippen molar-refractivity contribution in [1.82, 2.24) is 15.2 Å². The van der Waals surface area contributed by atoms with E-state index < -0.39 is 0 Å². The summed E-state index contributed by atoms with van der Waals surface area (Å²) < 4.78 is 0. The minimum Gasteiger partial charge on any atom is -0.352 e. The Morgan fingerprint density at radius 1 is 1.50 bits per heavy atom. The topological polar surface area (TPSA) is 45.2 Å². The third-order valence-corrected chi connectivity index (χ3v) is 2.23. The number of nitrogens with one attached hydrogen (secondary N) is 1. The molecular formula is C12H19N3O. The summed E-state index contributed by atoms with van der Waals surface area (Å²) in [6.07, 6.45) is 2.62. The van der Waals surface area contributed by atoms with E-state index in [2.05, 4.69) is 15.2 Å². The highest BCUT2D eigenvalue weighted by Crippen LogP contribution is 2.00. The van der Waals surface area contributed by atoms with E-state index in [9.17, 15) is 4.79 Å². The summed E-state index contributed by atoms with van der Waals surface area (Å²) in [5.41, 5.74) is 1.54. The standard InChI is InChI=1S/C12H19N3O/c1-10-9-11(5-7-13-10)12(16)14-6-4-8-15(2)3/h5,7,9H,4,6,8H2,1-3H3,(H,14,16). The van der Waals surface area contributed by atoms with Crippen LogP contribution in [-0.4, -0.2) is 43.0 Å². The Morgan fingerprint density at radius 3 is 2.88 bits per heavy atom. The fraction of sp³-hybridized carbons (Fsp3) is 0.500. The summed E-state index contributed by atoms with van der Waals surface area (Å²) in [4.78, 5) is 17.8. The molecule has 0 bridgehead atoms.